The van der Waals surface area contributed by atoms with Crippen molar-refractivity contribution in [1.82, 2.24) is 15.1 Å². The largest absolute Gasteiger partial charge is 0.310 e. The summed E-state index contributed by atoms with van der Waals surface area (Å²) in [6.45, 7) is 3.08. The van der Waals surface area contributed by atoms with E-state index in [1.54, 1.807) is 0 Å². The van der Waals surface area contributed by atoms with Crippen molar-refractivity contribution < 1.29 is 0 Å². The highest BCUT2D eigenvalue weighted by Crippen LogP contribution is 2.26. The van der Waals surface area contributed by atoms with Crippen molar-refractivity contribution in [2.24, 2.45) is 7.05 Å². The van der Waals surface area contributed by atoms with E-state index in [0.29, 0.717) is 6.04 Å². The van der Waals surface area contributed by atoms with Gasteiger partial charge in [0.05, 0.1) is 5.69 Å². The number of aryl methyl sites for hydroxylation is 1. The van der Waals surface area contributed by atoms with Gasteiger partial charge in [0.15, 0.2) is 0 Å². The van der Waals surface area contributed by atoms with Crippen LogP contribution in [0.2, 0.25) is 0 Å². The number of hydrogen-bond donors (Lipinski definition) is 1. The van der Waals surface area contributed by atoms with Crippen molar-refractivity contribution in [2.75, 3.05) is 6.54 Å². The average molecular weight is 434 g/mol. The molecule has 1 atom stereocenters. The third-order valence-corrected chi connectivity index (χ3v) is 4.44. The number of nitrogens with zero attached hydrogens (tertiary/aromatic N) is 2. The molecule has 1 unspecified atom stereocenters. The molecule has 0 aliphatic carbocycles. The van der Waals surface area contributed by atoms with Crippen molar-refractivity contribution in [3.63, 3.8) is 0 Å². The molecule has 0 spiro atoms. The number of benzene rings is 1. The Morgan fingerprint density at radius 3 is 2.84 bits per heavy atom. The molecule has 2 aromatic rings. The van der Waals surface area contributed by atoms with Gasteiger partial charge in [0, 0.05) is 33.8 Å². The molecule has 102 valence electrons. The number of hydrogen-bond acceptors (Lipinski definition) is 2. The lowest BCUT2D eigenvalue weighted by Gasteiger charge is -2.19. The molecule has 0 bridgehead atoms. The Hall–Kier alpha value is -0.400. The standard InChI is InChI=1S/C14H17BrIN3/c1-3-17-14(9-11-6-7-19(2)18-11)12-8-10(15)4-5-13(12)16/h4-8,14,17H,3,9H2,1-2H3. The maximum Gasteiger partial charge on any atom is 0.0643 e. The maximum atomic E-state index is 4.47. The fraction of sp³-hybridized carbons (Fsp3) is 0.357. The van der Waals surface area contributed by atoms with Crippen LogP contribution in [-0.2, 0) is 13.5 Å². The predicted molar refractivity (Wildman–Crippen MR) is 90.2 cm³/mol. The third kappa shape index (κ3) is 4.03. The number of halogens is 2. The van der Waals surface area contributed by atoms with Crippen LogP contribution in [0, 0.1) is 3.57 Å². The van der Waals surface area contributed by atoms with Crippen LogP contribution in [0.4, 0.5) is 0 Å². The molecule has 2 rings (SSSR count). The highest BCUT2D eigenvalue weighted by molar-refractivity contribution is 14.1. The first-order valence-electron chi connectivity index (χ1n) is 6.27. The molecule has 1 N–H and O–H groups in total. The van der Waals surface area contributed by atoms with Crippen LogP contribution in [0.15, 0.2) is 34.9 Å². The highest BCUT2D eigenvalue weighted by atomic mass is 127. The topological polar surface area (TPSA) is 29.9 Å². The fourth-order valence-corrected chi connectivity index (χ4v) is 3.19. The first-order valence-corrected chi connectivity index (χ1v) is 8.14. The lowest BCUT2D eigenvalue weighted by Crippen LogP contribution is -2.24. The van der Waals surface area contributed by atoms with E-state index < -0.39 is 0 Å². The quantitative estimate of drug-likeness (QED) is 0.729. The van der Waals surface area contributed by atoms with Gasteiger partial charge in [-0.25, -0.2) is 0 Å². The normalized spacial score (nSPS) is 12.6. The highest BCUT2D eigenvalue weighted by Gasteiger charge is 2.15. The van der Waals surface area contributed by atoms with Gasteiger partial charge in [0.25, 0.3) is 0 Å². The van der Waals surface area contributed by atoms with Crippen LogP contribution in [0.1, 0.15) is 24.2 Å². The van der Waals surface area contributed by atoms with Crippen molar-refractivity contribution >= 4 is 38.5 Å². The van der Waals surface area contributed by atoms with Crippen molar-refractivity contribution in [3.05, 3.63) is 49.8 Å². The molecular weight excluding hydrogens is 417 g/mol. The summed E-state index contributed by atoms with van der Waals surface area (Å²) in [5.41, 5.74) is 2.44. The van der Waals surface area contributed by atoms with E-state index in [1.165, 1.54) is 9.13 Å². The molecule has 1 heterocycles. The minimum atomic E-state index is 0.296. The minimum absolute atomic E-state index is 0.296. The Balaban J connectivity index is 2.26. The van der Waals surface area contributed by atoms with Gasteiger partial charge in [0.1, 0.15) is 0 Å². The van der Waals surface area contributed by atoms with E-state index in [4.69, 9.17) is 0 Å². The zero-order valence-corrected chi connectivity index (χ0v) is 14.8. The molecule has 5 heteroatoms. The van der Waals surface area contributed by atoms with E-state index in [2.05, 4.69) is 80.1 Å². The van der Waals surface area contributed by atoms with Crippen molar-refractivity contribution in [2.45, 2.75) is 19.4 Å². The minimum Gasteiger partial charge on any atom is -0.310 e. The Labute approximate surface area is 136 Å². The molecule has 0 saturated carbocycles. The molecule has 3 nitrogen and oxygen atoms in total. The Bertz CT molecular complexity index is 553. The number of rotatable bonds is 5. The lowest BCUT2D eigenvalue weighted by atomic mass is 10.0. The van der Waals surface area contributed by atoms with Crippen LogP contribution < -0.4 is 5.32 Å². The summed E-state index contributed by atoms with van der Waals surface area (Å²) in [6, 6.07) is 8.79. The fourth-order valence-electron chi connectivity index (χ4n) is 2.10. The van der Waals surface area contributed by atoms with Gasteiger partial charge in [-0.1, -0.05) is 22.9 Å². The van der Waals surface area contributed by atoms with Crippen LogP contribution >= 0.6 is 38.5 Å². The molecule has 0 fully saturated rings. The molecule has 1 aromatic carbocycles. The van der Waals surface area contributed by atoms with E-state index in [-0.39, 0.29) is 0 Å². The molecule has 0 amide bonds. The molecular formula is C14H17BrIN3. The maximum absolute atomic E-state index is 4.47. The van der Waals surface area contributed by atoms with Gasteiger partial charge in [0.2, 0.25) is 0 Å². The van der Waals surface area contributed by atoms with Crippen LogP contribution in [-0.4, -0.2) is 16.3 Å². The van der Waals surface area contributed by atoms with Crippen LogP contribution in [0.25, 0.3) is 0 Å². The van der Waals surface area contributed by atoms with E-state index >= 15 is 0 Å². The molecule has 0 radical (unpaired) electrons. The summed E-state index contributed by atoms with van der Waals surface area (Å²) in [5, 5.41) is 8.02. The Morgan fingerprint density at radius 1 is 1.42 bits per heavy atom. The van der Waals surface area contributed by atoms with E-state index in [9.17, 15) is 0 Å². The molecule has 0 saturated heterocycles. The predicted octanol–water partition coefficient (Wildman–Crippen LogP) is 3.68. The van der Waals surface area contributed by atoms with Gasteiger partial charge in [-0.05, 0) is 59.0 Å². The summed E-state index contributed by atoms with van der Waals surface area (Å²) in [6.07, 6.45) is 2.89. The van der Waals surface area contributed by atoms with Crippen molar-refractivity contribution in [1.29, 1.82) is 0 Å². The van der Waals surface area contributed by atoms with Crippen LogP contribution in [0.3, 0.4) is 0 Å². The van der Waals surface area contributed by atoms with Gasteiger partial charge in [-0.3, -0.25) is 4.68 Å². The van der Waals surface area contributed by atoms with E-state index in [0.717, 1.165) is 23.1 Å². The monoisotopic (exact) mass is 433 g/mol. The number of nitrogens with one attached hydrogen (secondary N) is 1. The number of likely N-dealkylation sites (N-methyl/N-ethyl adjacent to an activating group) is 1. The first-order chi connectivity index (χ1) is 9.10. The second-order valence-electron chi connectivity index (χ2n) is 4.46. The summed E-state index contributed by atoms with van der Waals surface area (Å²) in [4.78, 5) is 0. The second-order valence-corrected chi connectivity index (χ2v) is 6.54. The van der Waals surface area contributed by atoms with Gasteiger partial charge < -0.3 is 5.32 Å². The summed E-state index contributed by atoms with van der Waals surface area (Å²) < 4.78 is 4.25. The zero-order chi connectivity index (χ0) is 13.8. The van der Waals surface area contributed by atoms with Crippen LogP contribution in [0.5, 0.6) is 0 Å². The molecule has 0 aliphatic rings. The SMILES string of the molecule is CCNC(Cc1ccn(C)n1)c1cc(Br)ccc1I. The third-order valence-electron chi connectivity index (χ3n) is 2.97. The van der Waals surface area contributed by atoms with Gasteiger partial charge >= 0.3 is 0 Å². The lowest BCUT2D eigenvalue weighted by molar-refractivity contribution is 0.537. The first kappa shape index (κ1) is 15.0. The van der Waals surface area contributed by atoms with E-state index in [1.807, 2.05) is 17.9 Å². The van der Waals surface area contributed by atoms with Gasteiger partial charge in [-0.2, -0.15) is 5.10 Å². The molecule has 0 aliphatic heterocycles. The van der Waals surface area contributed by atoms with Gasteiger partial charge in [-0.15, -0.1) is 0 Å². The summed E-state index contributed by atoms with van der Waals surface area (Å²) in [5.74, 6) is 0. The summed E-state index contributed by atoms with van der Waals surface area (Å²) >= 11 is 5.95. The Morgan fingerprint density at radius 2 is 2.21 bits per heavy atom. The van der Waals surface area contributed by atoms with Crippen molar-refractivity contribution in [3.8, 4) is 0 Å². The average Bonchev–Trinajstić information content (AvgIpc) is 2.77. The second kappa shape index (κ2) is 6.85. The zero-order valence-electron chi connectivity index (χ0n) is 11.0. The number of aromatic nitrogens is 2. The molecule has 1 aromatic heterocycles. The Kier molecular flexibility index (Phi) is 5.41. The smallest absolute Gasteiger partial charge is 0.0643 e. The summed E-state index contributed by atoms with van der Waals surface area (Å²) in [7, 11) is 1.95. The molecule has 19 heavy (non-hydrogen) atoms.